The Bertz CT molecular complexity index is 593. The van der Waals surface area contributed by atoms with Crippen LogP contribution in [-0.4, -0.2) is 52.2 Å². The number of hydrogen-bond acceptors (Lipinski definition) is 7. The molecule has 8 nitrogen and oxygen atoms in total. The maximum atomic E-state index is 12.4. The molecule has 3 amide bonds. The van der Waals surface area contributed by atoms with Gasteiger partial charge in [0.2, 0.25) is 10.3 Å². The van der Waals surface area contributed by atoms with Gasteiger partial charge < -0.3 is 15.5 Å². The molecule has 2 aliphatic rings. The lowest BCUT2D eigenvalue weighted by atomic mass is 9.85. The Morgan fingerprint density at radius 1 is 1.32 bits per heavy atom. The van der Waals surface area contributed by atoms with Crippen LogP contribution >= 0.6 is 11.3 Å². The molecule has 3 heterocycles. The molecule has 22 heavy (non-hydrogen) atoms. The molecule has 2 saturated heterocycles. The molecule has 3 rings (SSSR count). The third-order valence-corrected chi connectivity index (χ3v) is 5.06. The quantitative estimate of drug-likeness (QED) is 0.792. The summed E-state index contributed by atoms with van der Waals surface area (Å²) >= 11 is 1.34. The molecule has 1 aromatic heterocycles. The summed E-state index contributed by atoms with van der Waals surface area (Å²) in [4.78, 5) is 28.2. The van der Waals surface area contributed by atoms with Gasteiger partial charge in [-0.15, -0.1) is 10.2 Å². The van der Waals surface area contributed by atoms with Crippen molar-refractivity contribution in [3.63, 3.8) is 0 Å². The molecule has 0 bridgehead atoms. The highest BCUT2D eigenvalue weighted by Crippen LogP contribution is 2.36. The Morgan fingerprint density at radius 2 is 2.00 bits per heavy atom. The second-order valence-corrected chi connectivity index (χ2v) is 7.19. The molecule has 0 aromatic carbocycles. The Hall–Kier alpha value is -1.90. The maximum absolute atomic E-state index is 12.4. The SMILES string of the molecule is CC(C)CN1C(=O)NC(=O)C12CCN(c1nnc(N)s1)CC2. The number of urea groups is 1. The molecule has 2 aliphatic heterocycles. The third kappa shape index (κ3) is 2.39. The smallest absolute Gasteiger partial charge is 0.325 e. The minimum absolute atomic E-state index is 0.172. The second-order valence-electron chi connectivity index (χ2n) is 6.21. The lowest BCUT2D eigenvalue weighted by Gasteiger charge is -2.42. The number of carbonyl (C=O) groups is 2. The van der Waals surface area contributed by atoms with E-state index in [0.717, 1.165) is 5.13 Å². The van der Waals surface area contributed by atoms with E-state index >= 15 is 0 Å². The number of aromatic nitrogens is 2. The highest BCUT2D eigenvalue weighted by molar-refractivity contribution is 7.18. The number of nitrogens with one attached hydrogen (secondary N) is 1. The van der Waals surface area contributed by atoms with E-state index in [4.69, 9.17) is 5.73 Å². The second kappa shape index (κ2) is 5.38. The number of piperidine rings is 1. The van der Waals surface area contributed by atoms with Gasteiger partial charge in [-0.05, 0) is 18.8 Å². The molecule has 1 aromatic rings. The fourth-order valence-corrected chi connectivity index (χ4v) is 3.80. The zero-order chi connectivity index (χ0) is 15.9. The Morgan fingerprint density at radius 3 is 2.55 bits per heavy atom. The van der Waals surface area contributed by atoms with E-state index in [1.54, 1.807) is 4.90 Å². The van der Waals surface area contributed by atoms with Gasteiger partial charge in [-0.3, -0.25) is 10.1 Å². The van der Waals surface area contributed by atoms with E-state index in [2.05, 4.69) is 20.4 Å². The first kappa shape index (κ1) is 15.0. The van der Waals surface area contributed by atoms with Crippen LogP contribution in [0.3, 0.4) is 0 Å². The largest absolute Gasteiger partial charge is 0.374 e. The van der Waals surface area contributed by atoms with Crippen molar-refractivity contribution < 1.29 is 9.59 Å². The van der Waals surface area contributed by atoms with Crippen molar-refractivity contribution in [2.75, 3.05) is 30.3 Å². The summed E-state index contributed by atoms with van der Waals surface area (Å²) in [5.74, 6) is 0.143. The topological polar surface area (TPSA) is 104 Å². The summed E-state index contributed by atoms with van der Waals surface area (Å²) in [7, 11) is 0. The molecular formula is C13H20N6O2S. The van der Waals surface area contributed by atoms with E-state index in [9.17, 15) is 9.59 Å². The average molecular weight is 324 g/mol. The molecule has 120 valence electrons. The van der Waals surface area contributed by atoms with Crippen LogP contribution < -0.4 is 16.0 Å². The first-order valence-corrected chi connectivity index (χ1v) is 8.21. The number of anilines is 2. The molecule has 1 spiro atoms. The molecule has 0 unspecified atom stereocenters. The van der Waals surface area contributed by atoms with Crippen LogP contribution in [0.5, 0.6) is 0 Å². The van der Waals surface area contributed by atoms with Crippen molar-refractivity contribution in [2.24, 2.45) is 5.92 Å². The average Bonchev–Trinajstić information content (AvgIpc) is 2.98. The van der Waals surface area contributed by atoms with Gasteiger partial charge in [-0.1, -0.05) is 25.2 Å². The van der Waals surface area contributed by atoms with E-state index in [1.165, 1.54) is 11.3 Å². The van der Waals surface area contributed by atoms with Crippen molar-refractivity contribution in [1.29, 1.82) is 0 Å². The van der Waals surface area contributed by atoms with Crippen LogP contribution in [0.4, 0.5) is 15.1 Å². The van der Waals surface area contributed by atoms with Crippen LogP contribution in [0, 0.1) is 5.92 Å². The lowest BCUT2D eigenvalue weighted by molar-refractivity contribution is -0.127. The molecule has 3 N–H and O–H groups in total. The number of imide groups is 1. The number of hydrogen-bond donors (Lipinski definition) is 2. The summed E-state index contributed by atoms with van der Waals surface area (Å²) in [6.07, 6.45) is 1.19. The highest BCUT2D eigenvalue weighted by Gasteiger charge is 2.54. The van der Waals surface area contributed by atoms with Gasteiger partial charge >= 0.3 is 6.03 Å². The van der Waals surface area contributed by atoms with Gasteiger partial charge in [-0.25, -0.2) is 4.79 Å². The maximum Gasteiger partial charge on any atom is 0.325 e. The number of carbonyl (C=O) groups excluding carboxylic acids is 2. The van der Waals surface area contributed by atoms with Crippen LogP contribution in [0.1, 0.15) is 26.7 Å². The Kier molecular flexibility index (Phi) is 3.67. The highest BCUT2D eigenvalue weighted by atomic mass is 32.1. The van der Waals surface area contributed by atoms with E-state index in [-0.39, 0.29) is 11.9 Å². The molecular weight excluding hydrogens is 304 g/mol. The number of amides is 3. The standard InChI is InChI=1S/C13H20N6O2S/c1-8(2)7-19-11(21)15-9(20)13(19)3-5-18(6-4-13)12-17-16-10(14)22-12/h8H,3-7H2,1-2H3,(H2,14,16)(H,15,20,21). The van der Waals surface area contributed by atoms with Crippen LogP contribution in [0.25, 0.3) is 0 Å². The summed E-state index contributed by atoms with van der Waals surface area (Å²) in [6.45, 7) is 5.99. The van der Waals surface area contributed by atoms with Crippen LogP contribution in [0.2, 0.25) is 0 Å². The Balaban J connectivity index is 1.77. The van der Waals surface area contributed by atoms with Gasteiger partial charge in [0.15, 0.2) is 0 Å². The number of rotatable bonds is 3. The number of nitrogens with two attached hydrogens (primary N) is 1. The minimum Gasteiger partial charge on any atom is -0.374 e. The van der Waals surface area contributed by atoms with E-state index in [1.807, 2.05) is 13.8 Å². The molecule has 9 heteroatoms. The molecule has 0 aliphatic carbocycles. The molecule has 2 fully saturated rings. The summed E-state index contributed by atoms with van der Waals surface area (Å²) in [6, 6.07) is -0.271. The minimum atomic E-state index is -0.714. The van der Waals surface area contributed by atoms with Gasteiger partial charge in [-0.2, -0.15) is 0 Å². The van der Waals surface area contributed by atoms with Crippen molar-refractivity contribution in [2.45, 2.75) is 32.2 Å². The first-order valence-electron chi connectivity index (χ1n) is 7.39. The fourth-order valence-electron chi connectivity index (χ4n) is 3.14. The van der Waals surface area contributed by atoms with Crippen molar-refractivity contribution in [1.82, 2.24) is 20.4 Å². The molecule has 0 atom stereocenters. The van der Waals surface area contributed by atoms with Crippen molar-refractivity contribution in [3.05, 3.63) is 0 Å². The van der Waals surface area contributed by atoms with Gasteiger partial charge in [0, 0.05) is 19.6 Å². The van der Waals surface area contributed by atoms with Crippen LogP contribution in [-0.2, 0) is 4.79 Å². The fraction of sp³-hybridized carbons (Fsp3) is 0.692. The van der Waals surface area contributed by atoms with Gasteiger partial charge in [0.05, 0.1) is 0 Å². The summed E-state index contributed by atoms with van der Waals surface area (Å²) < 4.78 is 0. The van der Waals surface area contributed by atoms with Crippen molar-refractivity contribution >= 4 is 33.5 Å². The Labute approximate surface area is 132 Å². The van der Waals surface area contributed by atoms with Gasteiger partial charge in [0.1, 0.15) is 5.54 Å². The zero-order valence-corrected chi connectivity index (χ0v) is 13.5. The van der Waals surface area contributed by atoms with Gasteiger partial charge in [0.25, 0.3) is 5.91 Å². The molecule has 0 radical (unpaired) electrons. The zero-order valence-electron chi connectivity index (χ0n) is 12.7. The third-order valence-electron chi connectivity index (χ3n) is 4.24. The van der Waals surface area contributed by atoms with Crippen molar-refractivity contribution in [3.8, 4) is 0 Å². The summed E-state index contributed by atoms with van der Waals surface area (Å²) in [5, 5.41) is 11.5. The van der Waals surface area contributed by atoms with E-state index in [0.29, 0.717) is 43.5 Å². The predicted molar refractivity (Wildman–Crippen MR) is 83.6 cm³/mol. The monoisotopic (exact) mass is 324 g/mol. The van der Waals surface area contributed by atoms with Crippen LogP contribution in [0.15, 0.2) is 0 Å². The predicted octanol–water partition coefficient (Wildman–Crippen LogP) is 0.667. The number of nitrogen functional groups attached to an aromatic ring is 1. The summed E-state index contributed by atoms with van der Waals surface area (Å²) in [5.41, 5.74) is 4.91. The lowest BCUT2D eigenvalue weighted by Crippen LogP contribution is -2.57. The van der Waals surface area contributed by atoms with E-state index < -0.39 is 5.54 Å². The molecule has 0 saturated carbocycles. The number of nitrogens with zero attached hydrogens (tertiary/aromatic N) is 4. The normalized spacial score (nSPS) is 21.0. The first-order chi connectivity index (χ1) is 10.4.